The summed E-state index contributed by atoms with van der Waals surface area (Å²) in [4.78, 5) is 1.45. The highest BCUT2D eigenvalue weighted by Crippen LogP contribution is 2.15. The fraction of sp³-hybridized carbons (Fsp3) is 0.333. The van der Waals surface area contributed by atoms with Crippen molar-refractivity contribution in [2.75, 3.05) is 0 Å². The maximum absolute atomic E-state index is 6.16. The van der Waals surface area contributed by atoms with E-state index >= 15 is 0 Å². The standard InChI is InChI=1S/C15H18ClNS/c16-13-5-1-4-12(10-13)11-14(17)6-2-7-15-8-3-9-18-15/h1,3-5,8-10,14H,2,6-7,11,17H2. The van der Waals surface area contributed by atoms with E-state index in [4.69, 9.17) is 17.3 Å². The molecule has 1 unspecified atom stereocenters. The maximum Gasteiger partial charge on any atom is 0.0408 e. The van der Waals surface area contributed by atoms with Gasteiger partial charge in [0.2, 0.25) is 0 Å². The molecule has 1 aromatic carbocycles. The van der Waals surface area contributed by atoms with Crippen molar-refractivity contribution < 1.29 is 0 Å². The first kappa shape index (κ1) is 13.6. The van der Waals surface area contributed by atoms with Crippen molar-refractivity contribution >= 4 is 22.9 Å². The Hall–Kier alpha value is -0.830. The Morgan fingerprint density at radius 3 is 2.83 bits per heavy atom. The molecule has 1 aromatic heterocycles. The van der Waals surface area contributed by atoms with Gasteiger partial charge >= 0.3 is 0 Å². The minimum atomic E-state index is 0.225. The van der Waals surface area contributed by atoms with Crippen molar-refractivity contribution in [1.82, 2.24) is 0 Å². The van der Waals surface area contributed by atoms with Crippen LogP contribution in [0.3, 0.4) is 0 Å². The molecule has 2 aromatic rings. The van der Waals surface area contributed by atoms with E-state index in [1.54, 1.807) is 0 Å². The van der Waals surface area contributed by atoms with Crippen molar-refractivity contribution in [1.29, 1.82) is 0 Å². The van der Waals surface area contributed by atoms with Crippen LogP contribution >= 0.6 is 22.9 Å². The molecule has 0 aliphatic heterocycles. The molecule has 3 heteroatoms. The van der Waals surface area contributed by atoms with Gasteiger partial charge in [-0.25, -0.2) is 0 Å². The molecule has 0 aliphatic carbocycles. The Balaban J connectivity index is 1.73. The first-order valence-corrected chi connectivity index (χ1v) is 7.52. The summed E-state index contributed by atoms with van der Waals surface area (Å²) < 4.78 is 0. The second-order valence-corrected chi connectivity index (χ2v) is 6.03. The van der Waals surface area contributed by atoms with E-state index in [0.29, 0.717) is 0 Å². The van der Waals surface area contributed by atoms with Gasteiger partial charge in [0.25, 0.3) is 0 Å². The molecule has 0 bridgehead atoms. The molecule has 96 valence electrons. The van der Waals surface area contributed by atoms with Gasteiger partial charge in [0.15, 0.2) is 0 Å². The minimum absolute atomic E-state index is 0.225. The van der Waals surface area contributed by atoms with Crippen LogP contribution in [0, 0.1) is 0 Å². The summed E-state index contributed by atoms with van der Waals surface area (Å²) in [6.45, 7) is 0. The van der Waals surface area contributed by atoms with Crippen LogP contribution in [0.4, 0.5) is 0 Å². The number of nitrogens with two attached hydrogens (primary N) is 1. The molecule has 1 nitrogen and oxygen atoms in total. The highest BCUT2D eigenvalue weighted by atomic mass is 35.5. The Morgan fingerprint density at radius 2 is 2.11 bits per heavy atom. The molecule has 2 N–H and O–H groups in total. The van der Waals surface area contributed by atoms with Gasteiger partial charge in [0.1, 0.15) is 0 Å². The molecular weight excluding hydrogens is 262 g/mol. The first-order valence-electron chi connectivity index (χ1n) is 6.26. The topological polar surface area (TPSA) is 26.0 Å². The molecule has 0 saturated heterocycles. The number of aryl methyl sites for hydroxylation is 1. The number of benzene rings is 1. The number of hydrogen-bond donors (Lipinski definition) is 1. The predicted octanol–water partition coefficient (Wildman–Crippen LogP) is 4.29. The number of rotatable bonds is 6. The zero-order valence-corrected chi connectivity index (χ0v) is 11.9. The fourth-order valence-electron chi connectivity index (χ4n) is 2.06. The lowest BCUT2D eigenvalue weighted by Gasteiger charge is -2.11. The number of thiophene rings is 1. The summed E-state index contributed by atoms with van der Waals surface area (Å²) in [5, 5.41) is 2.92. The zero-order valence-electron chi connectivity index (χ0n) is 10.3. The quantitative estimate of drug-likeness (QED) is 0.838. The average molecular weight is 280 g/mol. The van der Waals surface area contributed by atoms with Gasteiger partial charge < -0.3 is 5.73 Å². The molecule has 0 amide bonds. The van der Waals surface area contributed by atoms with Crippen LogP contribution in [0.15, 0.2) is 41.8 Å². The largest absolute Gasteiger partial charge is 0.327 e. The highest BCUT2D eigenvalue weighted by molar-refractivity contribution is 7.09. The molecule has 0 fully saturated rings. The van der Waals surface area contributed by atoms with Crippen LogP contribution in [0.25, 0.3) is 0 Å². The summed E-state index contributed by atoms with van der Waals surface area (Å²) in [6.07, 6.45) is 4.26. The molecule has 18 heavy (non-hydrogen) atoms. The first-order chi connectivity index (χ1) is 8.74. The van der Waals surface area contributed by atoms with Crippen LogP contribution in [-0.4, -0.2) is 6.04 Å². The third-order valence-corrected chi connectivity index (χ3v) is 4.14. The summed E-state index contributed by atoms with van der Waals surface area (Å²) >= 11 is 7.78. The van der Waals surface area contributed by atoms with Gasteiger partial charge in [-0.1, -0.05) is 29.8 Å². The molecule has 0 spiro atoms. The van der Waals surface area contributed by atoms with E-state index in [1.807, 2.05) is 29.5 Å². The van der Waals surface area contributed by atoms with E-state index in [2.05, 4.69) is 23.6 Å². The lowest BCUT2D eigenvalue weighted by atomic mass is 10.0. The normalized spacial score (nSPS) is 12.6. The van der Waals surface area contributed by atoms with Crippen LogP contribution < -0.4 is 5.73 Å². The molecule has 0 radical (unpaired) electrons. The van der Waals surface area contributed by atoms with Gasteiger partial charge in [-0.3, -0.25) is 0 Å². The lowest BCUT2D eigenvalue weighted by Crippen LogP contribution is -2.22. The summed E-state index contributed by atoms with van der Waals surface area (Å²) in [5.41, 5.74) is 7.38. The monoisotopic (exact) mass is 279 g/mol. The zero-order chi connectivity index (χ0) is 12.8. The predicted molar refractivity (Wildman–Crippen MR) is 80.4 cm³/mol. The van der Waals surface area contributed by atoms with Crippen LogP contribution in [-0.2, 0) is 12.8 Å². The van der Waals surface area contributed by atoms with Gasteiger partial charge in [0, 0.05) is 15.9 Å². The van der Waals surface area contributed by atoms with E-state index < -0.39 is 0 Å². The van der Waals surface area contributed by atoms with Crippen LogP contribution in [0.5, 0.6) is 0 Å². The van der Waals surface area contributed by atoms with E-state index in [1.165, 1.54) is 10.4 Å². The third kappa shape index (κ3) is 4.45. The van der Waals surface area contributed by atoms with Gasteiger partial charge in [0.05, 0.1) is 0 Å². The lowest BCUT2D eigenvalue weighted by molar-refractivity contribution is 0.582. The maximum atomic E-state index is 6.16. The second-order valence-electron chi connectivity index (χ2n) is 4.57. The molecule has 1 heterocycles. The van der Waals surface area contributed by atoms with Gasteiger partial charge in [-0.15, -0.1) is 11.3 Å². The second kappa shape index (κ2) is 6.93. The van der Waals surface area contributed by atoms with E-state index in [9.17, 15) is 0 Å². The summed E-state index contributed by atoms with van der Waals surface area (Å²) in [7, 11) is 0. The highest BCUT2D eigenvalue weighted by Gasteiger charge is 2.05. The van der Waals surface area contributed by atoms with Crippen molar-refractivity contribution in [2.45, 2.75) is 31.7 Å². The van der Waals surface area contributed by atoms with E-state index in [0.717, 1.165) is 30.7 Å². The van der Waals surface area contributed by atoms with Crippen molar-refractivity contribution in [3.63, 3.8) is 0 Å². The molecule has 1 atom stereocenters. The molecule has 2 rings (SSSR count). The smallest absolute Gasteiger partial charge is 0.0408 e. The van der Waals surface area contributed by atoms with E-state index in [-0.39, 0.29) is 6.04 Å². The third-order valence-electron chi connectivity index (χ3n) is 2.97. The molecule has 0 saturated carbocycles. The Labute approximate surface area is 118 Å². The van der Waals surface area contributed by atoms with Crippen LogP contribution in [0.2, 0.25) is 5.02 Å². The number of halogens is 1. The summed E-state index contributed by atoms with van der Waals surface area (Å²) in [5.74, 6) is 0. The fourth-order valence-corrected chi connectivity index (χ4v) is 3.03. The Kier molecular flexibility index (Phi) is 5.24. The average Bonchev–Trinajstić information content (AvgIpc) is 2.82. The molecule has 0 aliphatic rings. The van der Waals surface area contributed by atoms with Crippen molar-refractivity contribution in [2.24, 2.45) is 5.73 Å². The summed E-state index contributed by atoms with van der Waals surface area (Å²) in [6, 6.07) is 12.5. The van der Waals surface area contributed by atoms with Gasteiger partial charge in [-0.2, -0.15) is 0 Å². The van der Waals surface area contributed by atoms with Crippen LogP contribution in [0.1, 0.15) is 23.3 Å². The van der Waals surface area contributed by atoms with Crippen molar-refractivity contribution in [3.05, 3.63) is 57.2 Å². The van der Waals surface area contributed by atoms with Gasteiger partial charge in [-0.05, 0) is 54.8 Å². The Morgan fingerprint density at radius 1 is 1.22 bits per heavy atom. The molecular formula is C15H18ClNS. The minimum Gasteiger partial charge on any atom is -0.327 e. The number of hydrogen-bond acceptors (Lipinski definition) is 2. The Bertz CT molecular complexity index is 467. The van der Waals surface area contributed by atoms with Crippen molar-refractivity contribution in [3.8, 4) is 0 Å². The SMILES string of the molecule is NC(CCCc1cccs1)Cc1cccc(Cl)c1.